The summed E-state index contributed by atoms with van der Waals surface area (Å²) in [5, 5.41) is 6.89. The molecule has 0 fully saturated rings. The second-order valence-corrected chi connectivity index (χ2v) is 6.07. The number of nitrogens with one attached hydrogen (secondary N) is 2. The third-order valence-corrected chi connectivity index (χ3v) is 4.16. The summed E-state index contributed by atoms with van der Waals surface area (Å²) in [7, 11) is 1.29. The minimum Gasteiger partial charge on any atom is -0.465 e. The fraction of sp³-hybridized carbons (Fsp3) is 0.222. The molecular formula is C18H18Cl2N2O3. The summed E-state index contributed by atoms with van der Waals surface area (Å²) in [6.45, 7) is 1.05. The summed E-state index contributed by atoms with van der Waals surface area (Å²) in [5.74, 6) is -0.704. The summed E-state index contributed by atoms with van der Waals surface area (Å²) >= 11 is 12.1. The van der Waals surface area contributed by atoms with Crippen LogP contribution in [0.15, 0.2) is 42.5 Å². The number of methoxy groups -OCH3 is 1. The van der Waals surface area contributed by atoms with Crippen LogP contribution in [0.3, 0.4) is 0 Å². The Labute approximate surface area is 156 Å². The Hall–Kier alpha value is -2.08. The number of halogens is 2. The molecule has 2 aromatic rings. The van der Waals surface area contributed by atoms with Crippen LogP contribution in [0.2, 0.25) is 10.0 Å². The van der Waals surface area contributed by atoms with Crippen LogP contribution in [0.4, 0.5) is 5.69 Å². The molecular weight excluding hydrogens is 363 g/mol. The molecule has 2 aromatic carbocycles. The quantitative estimate of drug-likeness (QED) is 0.564. The number of ether oxygens (including phenoxy) is 1. The van der Waals surface area contributed by atoms with Gasteiger partial charge >= 0.3 is 5.97 Å². The Morgan fingerprint density at radius 3 is 2.56 bits per heavy atom. The molecule has 25 heavy (non-hydrogen) atoms. The van der Waals surface area contributed by atoms with Crippen LogP contribution in [0.1, 0.15) is 22.3 Å². The zero-order valence-electron chi connectivity index (χ0n) is 13.6. The minimum atomic E-state index is -0.492. The molecule has 0 aliphatic carbocycles. The molecule has 7 heteroatoms. The van der Waals surface area contributed by atoms with Gasteiger partial charge in [-0.05, 0) is 29.8 Å². The highest BCUT2D eigenvalue weighted by Crippen LogP contribution is 2.23. The first-order valence-corrected chi connectivity index (χ1v) is 8.38. The van der Waals surface area contributed by atoms with Gasteiger partial charge in [-0.2, -0.15) is 0 Å². The van der Waals surface area contributed by atoms with Gasteiger partial charge in [-0.3, -0.25) is 4.79 Å². The number of amides is 1. The van der Waals surface area contributed by atoms with Crippen LogP contribution in [0.25, 0.3) is 0 Å². The molecule has 0 spiro atoms. The van der Waals surface area contributed by atoms with Gasteiger partial charge in [-0.1, -0.05) is 41.4 Å². The predicted octanol–water partition coefficient (Wildman–Crippen LogP) is 3.90. The lowest BCUT2D eigenvalue weighted by Crippen LogP contribution is -2.21. The molecule has 0 unspecified atom stereocenters. The Kier molecular flexibility index (Phi) is 7.25. The molecule has 0 bridgehead atoms. The maximum atomic E-state index is 12.0. The van der Waals surface area contributed by atoms with E-state index in [0.717, 1.165) is 5.56 Å². The van der Waals surface area contributed by atoms with E-state index in [1.165, 1.54) is 19.2 Å². The SMILES string of the molecule is COC(=O)c1ccc(Cl)c(NC(=O)CCNCc2ccccc2Cl)c1. The van der Waals surface area contributed by atoms with Gasteiger partial charge in [0.2, 0.25) is 5.91 Å². The zero-order chi connectivity index (χ0) is 18.2. The van der Waals surface area contributed by atoms with Crippen molar-refractivity contribution in [3.8, 4) is 0 Å². The fourth-order valence-electron chi connectivity index (χ4n) is 2.15. The Morgan fingerprint density at radius 2 is 1.84 bits per heavy atom. The number of carbonyl (C=O) groups is 2. The number of esters is 1. The summed E-state index contributed by atoms with van der Waals surface area (Å²) in [6.07, 6.45) is 0.253. The monoisotopic (exact) mass is 380 g/mol. The first-order chi connectivity index (χ1) is 12.0. The molecule has 0 heterocycles. The van der Waals surface area contributed by atoms with Gasteiger partial charge in [0.25, 0.3) is 0 Å². The van der Waals surface area contributed by atoms with Gasteiger partial charge in [0.15, 0.2) is 0 Å². The Morgan fingerprint density at radius 1 is 1.08 bits per heavy atom. The van der Waals surface area contributed by atoms with Crippen molar-refractivity contribution in [2.75, 3.05) is 19.0 Å². The Bertz CT molecular complexity index is 766. The topological polar surface area (TPSA) is 67.4 Å². The molecule has 0 aromatic heterocycles. The number of hydrogen-bond donors (Lipinski definition) is 2. The second kappa shape index (κ2) is 9.42. The van der Waals surface area contributed by atoms with Gasteiger partial charge in [-0.25, -0.2) is 4.79 Å². The highest BCUT2D eigenvalue weighted by atomic mass is 35.5. The number of hydrogen-bond acceptors (Lipinski definition) is 4. The molecule has 0 atom stereocenters. The van der Waals surface area contributed by atoms with Crippen LogP contribution in [-0.4, -0.2) is 25.5 Å². The maximum absolute atomic E-state index is 12.0. The van der Waals surface area contributed by atoms with Crippen LogP contribution in [0.5, 0.6) is 0 Å². The van der Waals surface area contributed by atoms with Crippen LogP contribution in [0, 0.1) is 0 Å². The van der Waals surface area contributed by atoms with E-state index in [0.29, 0.717) is 34.4 Å². The first kappa shape index (κ1) is 19.2. The molecule has 0 aliphatic heterocycles. The molecule has 0 saturated carbocycles. The predicted molar refractivity (Wildman–Crippen MR) is 99.2 cm³/mol. The van der Waals surface area contributed by atoms with E-state index in [9.17, 15) is 9.59 Å². The summed E-state index contributed by atoms with van der Waals surface area (Å²) < 4.78 is 4.65. The van der Waals surface area contributed by atoms with Crippen LogP contribution >= 0.6 is 23.2 Å². The summed E-state index contributed by atoms with van der Waals surface area (Å²) in [4.78, 5) is 23.6. The number of benzene rings is 2. The third-order valence-electron chi connectivity index (χ3n) is 3.46. The third kappa shape index (κ3) is 5.74. The standard InChI is InChI=1S/C18H18Cl2N2O3/c1-25-18(24)12-6-7-15(20)16(10-12)22-17(23)8-9-21-11-13-4-2-3-5-14(13)19/h2-7,10,21H,8-9,11H2,1H3,(H,22,23). The lowest BCUT2D eigenvalue weighted by atomic mass is 10.2. The number of anilines is 1. The van der Waals surface area contributed by atoms with Gasteiger partial charge in [-0.15, -0.1) is 0 Å². The fourth-order valence-corrected chi connectivity index (χ4v) is 2.51. The van der Waals surface area contributed by atoms with E-state index in [-0.39, 0.29) is 12.3 Å². The highest BCUT2D eigenvalue weighted by Gasteiger charge is 2.11. The molecule has 2 rings (SSSR count). The smallest absolute Gasteiger partial charge is 0.337 e. The summed E-state index contributed by atoms with van der Waals surface area (Å²) in [5.41, 5.74) is 1.66. The van der Waals surface area contributed by atoms with E-state index in [4.69, 9.17) is 23.2 Å². The highest BCUT2D eigenvalue weighted by molar-refractivity contribution is 6.33. The molecule has 0 saturated heterocycles. The first-order valence-electron chi connectivity index (χ1n) is 7.63. The van der Waals surface area contributed by atoms with Crippen LogP contribution in [-0.2, 0) is 16.1 Å². The van der Waals surface area contributed by atoms with E-state index >= 15 is 0 Å². The van der Waals surface area contributed by atoms with Crippen molar-refractivity contribution in [2.45, 2.75) is 13.0 Å². The van der Waals surface area contributed by atoms with E-state index in [1.807, 2.05) is 24.3 Å². The van der Waals surface area contributed by atoms with Gasteiger partial charge < -0.3 is 15.4 Å². The molecule has 0 radical (unpaired) electrons. The van der Waals surface area contributed by atoms with Crippen LogP contribution < -0.4 is 10.6 Å². The molecule has 5 nitrogen and oxygen atoms in total. The zero-order valence-corrected chi connectivity index (χ0v) is 15.2. The molecule has 0 aliphatic rings. The van der Waals surface area contributed by atoms with Crippen molar-refractivity contribution < 1.29 is 14.3 Å². The van der Waals surface area contributed by atoms with E-state index in [1.54, 1.807) is 6.07 Å². The van der Waals surface area contributed by atoms with Gasteiger partial charge in [0.1, 0.15) is 0 Å². The largest absolute Gasteiger partial charge is 0.465 e. The Balaban J connectivity index is 1.84. The number of carbonyl (C=O) groups excluding carboxylic acids is 2. The van der Waals surface area contributed by atoms with Crippen molar-refractivity contribution in [1.29, 1.82) is 0 Å². The summed E-state index contributed by atoms with van der Waals surface area (Å²) in [6, 6.07) is 12.1. The van der Waals surface area contributed by atoms with Gasteiger partial charge in [0.05, 0.1) is 23.4 Å². The van der Waals surface area contributed by atoms with Crippen molar-refractivity contribution in [2.24, 2.45) is 0 Å². The minimum absolute atomic E-state index is 0.212. The molecule has 132 valence electrons. The van der Waals surface area contributed by atoms with Gasteiger partial charge in [0, 0.05) is 24.5 Å². The lowest BCUT2D eigenvalue weighted by molar-refractivity contribution is -0.116. The van der Waals surface area contributed by atoms with Crippen molar-refractivity contribution in [3.63, 3.8) is 0 Å². The van der Waals surface area contributed by atoms with E-state index < -0.39 is 5.97 Å². The number of rotatable bonds is 7. The lowest BCUT2D eigenvalue weighted by Gasteiger charge is -2.10. The molecule has 2 N–H and O–H groups in total. The second-order valence-electron chi connectivity index (χ2n) is 5.25. The average molecular weight is 381 g/mol. The normalized spacial score (nSPS) is 10.4. The van der Waals surface area contributed by atoms with E-state index in [2.05, 4.69) is 15.4 Å². The van der Waals surface area contributed by atoms with Crippen molar-refractivity contribution in [1.82, 2.24) is 5.32 Å². The molecule has 1 amide bonds. The maximum Gasteiger partial charge on any atom is 0.337 e. The van der Waals surface area contributed by atoms with Crippen molar-refractivity contribution >= 4 is 40.8 Å². The van der Waals surface area contributed by atoms with Crippen molar-refractivity contribution in [3.05, 3.63) is 63.6 Å². The average Bonchev–Trinajstić information content (AvgIpc) is 2.61.